The zero-order valence-electron chi connectivity index (χ0n) is 16.6. The molecule has 0 fully saturated rings. The van der Waals surface area contributed by atoms with Crippen molar-refractivity contribution in [3.63, 3.8) is 0 Å². The van der Waals surface area contributed by atoms with Crippen molar-refractivity contribution in [1.82, 2.24) is 4.98 Å². The fourth-order valence-electron chi connectivity index (χ4n) is 2.90. The number of carbonyl (C=O) groups is 1. The molecule has 0 aliphatic rings. The van der Waals surface area contributed by atoms with E-state index < -0.39 is 0 Å². The van der Waals surface area contributed by atoms with Gasteiger partial charge in [-0.05, 0) is 48.1 Å². The molecule has 1 aromatic heterocycles. The average Bonchev–Trinajstić information content (AvgIpc) is 3.00. The molecule has 0 atom stereocenters. The van der Waals surface area contributed by atoms with Crippen LogP contribution in [0.2, 0.25) is 0 Å². The number of ether oxygens (including phenoxy) is 1. The van der Waals surface area contributed by atoms with Crippen molar-refractivity contribution >= 4 is 32.6 Å². The molecule has 142 valence electrons. The van der Waals surface area contributed by atoms with Crippen LogP contribution in [-0.2, 0) is 16.6 Å². The van der Waals surface area contributed by atoms with Crippen molar-refractivity contribution in [2.45, 2.75) is 46.5 Å². The van der Waals surface area contributed by atoms with E-state index in [9.17, 15) is 4.79 Å². The quantitative estimate of drug-likeness (QED) is 0.635. The van der Waals surface area contributed by atoms with Crippen LogP contribution in [0.4, 0.5) is 5.13 Å². The molecule has 3 rings (SSSR count). The summed E-state index contributed by atoms with van der Waals surface area (Å²) in [6.07, 6.45) is 0.982. The lowest BCUT2D eigenvalue weighted by Gasteiger charge is -2.23. The van der Waals surface area contributed by atoms with Gasteiger partial charge in [0.1, 0.15) is 5.75 Å². The summed E-state index contributed by atoms with van der Waals surface area (Å²) in [5.74, 6) is 0.547. The van der Waals surface area contributed by atoms with Crippen molar-refractivity contribution in [3.8, 4) is 5.75 Å². The summed E-state index contributed by atoms with van der Waals surface area (Å²) in [4.78, 5) is 16.8. The highest BCUT2D eigenvalue weighted by molar-refractivity contribution is 7.22. The van der Waals surface area contributed by atoms with Crippen LogP contribution in [0.25, 0.3) is 10.2 Å². The van der Waals surface area contributed by atoms with Crippen molar-refractivity contribution in [3.05, 3.63) is 53.1 Å². The minimum absolute atomic E-state index is 0.0394. The van der Waals surface area contributed by atoms with Gasteiger partial charge >= 0.3 is 0 Å². The number of hydrogen-bond acceptors (Lipinski definition) is 4. The van der Waals surface area contributed by atoms with Crippen molar-refractivity contribution in [2.24, 2.45) is 0 Å². The van der Waals surface area contributed by atoms with E-state index in [1.807, 2.05) is 18.2 Å². The van der Waals surface area contributed by atoms with Gasteiger partial charge in [0.15, 0.2) is 11.7 Å². The van der Waals surface area contributed by atoms with Crippen molar-refractivity contribution in [1.29, 1.82) is 0 Å². The Morgan fingerprint density at radius 3 is 2.67 bits per heavy atom. The normalized spacial score (nSPS) is 11.6. The standard InChI is InChI=1S/C22H26N2O2S/c1-6-15-8-9-17-19(12-15)27-21(23-17)24-20(25)13-26-18-10-7-14(2)11-16(18)22(3,4)5/h7-12H,6,13H2,1-5H3,(H,23,24,25). The van der Waals surface area contributed by atoms with Gasteiger partial charge in [0.05, 0.1) is 10.2 Å². The number of rotatable bonds is 5. The lowest BCUT2D eigenvalue weighted by atomic mass is 9.85. The van der Waals surface area contributed by atoms with E-state index in [0.717, 1.165) is 28.0 Å². The van der Waals surface area contributed by atoms with Crippen LogP contribution in [0.5, 0.6) is 5.75 Å². The summed E-state index contributed by atoms with van der Waals surface area (Å²) >= 11 is 1.49. The van der Waals surface area contributed by atoms with Crippen LogP contribution in [0.15, 0.2) is 36.4 Å². The molecule has 0 saturated carbocycles. The molecule has 0 saturated heterocycles. The molecule has 0 unspecified atom stereocenters. The van der Waals surface area contributed by atoms with Gasteiger partial charge in [-0.2, -0.15) is 0 Å². The molecule has 0 aliphatic heterocycles. The van der Waals surface area contributed by atoms with E-state index >= 15 is 0 Å². The van der Waals surface area contributed by atoms with Gasteiger partial charge < -0.3 is 4.74 Å². The maximum atomic E-state index is 12.3. The number of aryl methyl sites for hydroxylation is 2. The largest absolute Gasteiger partial charge is 0.483 e. The molecule has 4 nitrogen and oxygen atoms in total. The number of thiazole rings is 1. The lowest BCUT2D eigenvalue weighted by Crippen LogP contribution is -2.22. The third-order valence-electron chi connectivity index (χ3n) is 4.41. The molecule has 0 radical (unpaired) electrons. The zero-order chi connectivity index (χ0) is 19.6. The van der Waals surface area contributed by atoms with Crippen molar-refractivity contribution in [2.75, 3.05) is 11.9 Å². The predicted molar refractivity (Wildman–Crippen MR) is 113 cm³/mol. The van der Waals surface area contributed by atoms with Gasteiger partial charge in [-0.1, -0.05) is 62.8 Å². The first-order valence-electron chi connectivity index (χ1n) is 9.19. The molecule has 0 aliphatic carbocycles. The second kappa shape index (κ2) is 7.69. The number of fused-ring (bicyclic) bond motifs is 1. The molecule has 1 amide bonds. The average molecular weight is 383 g/mol. The highest BCUT2D eigenvalue weighted by Crippen LogP contribution is 2.32. The molecule has 2 aromatic carbocycles. The van der Waals surface area contributed by atoms with Crippen LogP contribution in [0, 0.1) is 6.92 Å². The summed E-state index contributed by atoms with van der Waals surface area (Å²) in [6, 6.07) is 12.3. The first-order valence-corrected chi connectivity index (χ1v) is 10.0. The van der Waals surface area contributed by atoms with E-state index in [1.54, 1.807) is 0 Å². The monoisotopic (exact) mass is 382 g/mol. The molecule has 0 bridgehead atoms. The summed E-state index contributed by atoms with van der Waals surface area (Å²) in [5.41, 5.74) is 4.39. The first kappa shape index (κ1) is 19.4. The van der Waals surface area contributed by atoms with E-state index in [0.29, 0.717) is 5.13 Å². The first-order chi connectivity index (χ1) is 12.8. The van der Waals surface area contributed by atoms with Crippen LogP contribution in [0.3, 0.4) is 0 Å². The Hall–Kier alpha value is -2.40. The van der Waals surface area contributed by atoms with E-state index in [4.69, 9.17) is 4.74 Å². The Kier molecular flexibility index (Phi) is 5.51. The van der Waals surface area contributed by atoms with Gasteiger partial charge in [-0.15, -0.1) is 0 Å². The number of hydrogen-bond donors (Lipinski definition) is 1. The SMILES string of the molecule is CCc1ccc2nc(NC(=O)COc3ccc(C)cc3C(C)(C)C)sc2c1. The Labute approximate surface area is 164 Å². The third kappa shape index (κ3) is 4.66. The fraction of sp³-hybridized carbons (Fsp3) is 0.364. The molecular formula is C22H26N2O2S. The highest BCUT2D eigenvalue weighted by Gasteiger charge is 2.20. The van der Waals surface area contributed by atoms with Crippen LogP contribution < -0.4 is 10.1 Å². The van der Waals surface area contributed by atoms with Gasteiger partial charge in [-0.25, -0.2) is 4.98 Å². The molecule has 1 N–H and O–H groups in total. The maximum absolute atomic E-state index is 12.3. The summed E-state index contributed by atoms with van der Waals surface area (Å²) in [5, 5.41) is 3.46. The Balaban J connectivity index is 1.68. The van der Waals surface area contributed by atoms with Gasteiger partial charge in [0.25, 0.3) is 5.91 Å². The van der Waals surface area contributed by atoms with E-state index in [1.165, 1.54) is 22.5 Å². The number of aromatic nitrogens is 1. The second-order valence-corrected chi connectivity index (χ2v) is 8.79. The van der Waals surface area contributed by atoms with E-state index in [-0.39, 0.29) is 17.9 Å². The lowest BCUT2D eigenvalue weighted by molar-refractivity contribution is -0.118. The number of nitrogens with one attached hydrogen (secondary N) is 1. The summed E-state index contributed by atoms with van der Waals surface area (Å²) in [6.45, 7) is 10.6. The minimum Gasteiger partial charge on any atom is -0.483 e. The predicted octanol–water partition coefficient (Wildman–Crippen LogP) is 5.48. The van der Waals surface area contributed by atoms with Gasteiger partial charge in [-0.3, -0.25) is 10.1 Å². The number of amides is 1. The minimum atomic E-state index is -0.204. The zero-order valence-corrected chi connectivity index (χ0v) is 17.4. The molecule has 5 heteroatoms. The van der Waals surface area contributed by atoms with Gasteiger partial charge in [0, 0.05) is 0 Å². The third-order valence-corrected chi connectivity index (χ3v) is 5.34. The number of nitrogens with zero attached hydrogens (tertiary/aromatic N) is 1. The smallest absolute Gasteiger partial charge is 0.264 e. The van der Waals surface area contributed by atoms with Crippen LogP contribution >= 0.6 is 11.3 Å². The Bertz CT molecular complexity index is 970. The maximum Gasteiger partial charge on any atom is 0.264 e. The molecular weight excluding hydrogens is 356 g/mol. The molecule has 0 spiro atoms. The van der Waals surface area contributed by atoms with Crippen LogP contribution in [0.1, 0.15) is 44.4 Å². The summed E-state index contributed by atoms with van der Waals surface area (Å²) in [7, 11) is 0. The molecule has 1 heterocycles. The number of anilines is 1. The topological polar surface area (TPSA) is 51.2 Å². The number of benzene rings is 2. The Morgan fingerprint density at radius 2 is 1.96 bits per heavy atom. The van der Waals surface area contributed by atoms with Crippen LogP contribution in [-0.4, -0.2) is 17.5 Å². The summed E-state index contributed by atoms with van der Waals surface area (Å²) < 4.78 is 6.91. The Morgan fingerprint density at radius 1 is 1.19 bits per heavy atom. The van der Waals surface area contributed by atoms with Crippen molar-refractivity contribution < 1.29 is 9.53 Å². The molecule has 3 aromatic rings. The second-order valence-electron chi connectivity index (χ2n) is 7.76. The van der Waals surface area contributed by atoms with E-state index in [2.05, 4.69) is 63.1 Å². The highest BCUT2D eigenvalue weighted by atomic mass is 32.1. The van der Waals surface area contributed by atoms with Gasteiger partial charge in [0.2, 0.25) is 0 Å². The molecule has 27 heavy (non-hydrogen) atoms. The number of carbonyl (C=O) groups excluding carboxylic acids is 1. The fourth-order valence-corrected chi connectivity index (χ4v) is 3.84.